The second kappa shape index (κ2) is 13.4. The lowest BCUT2D eigenvalue weighted by molar-refractivity contribution is -0.384. The third-order valence-electron chi connectivity index (χ3n) is 6.53. The number of benzene rings is 3. The summed E-state index contributed by atoms with van der Waals surface area (Å²) in [6.45, 7) is 6.59. The van der Waals surface area contributed by atoms with E-state index in [1.165, 1.54) is 17.0 Å². The molecule has 1 N–H and O–H groups in total. The highest BCUT2D eigenvalue weighted by atomic mass is 32.2. The molecule has 0 bridgehead atoms. The number of nitro groups is 1. The van der Waals surface area contributed by atoms with Crippen molar-refractivity contribution < 1.29 is 22.9 Å². The first-order valence-corrected chi connectivity index (χ1v) is 15.0. The Morgan fingerprint density at radius 2 is 1.59 bits per heavy atom. The van der Waals surface area contributed by atoms with Crippen molar-refractivity contribution in [2.75, 3.05) is 17.1 Å². The molecule has 0 saturated heterocycles. The van der Waals surface area contributed by atoms with Crippen molar-refractivity contribution in [1.82, 2.24) is 10.2 Å². The molecule has 0 heterocycles. The first-order chi connectivity index (χ1) is 19.3. The van der Waals surface area contributed by atoms with Crippen LogP contribution in [0.25, 0.3) is 0 Å². The smallest absolute Gasteiger partial charge is 0.271 e. The minimum Gasteiger partial charge on any atom is -0.352 e. The van der Waals surface area contributed by atoms with E-state index in [9.17, 15) is 28.1 Å². The van der Waals surface area contributed by atoms with Crippen molar-refractivity contribution in [3.05, 3.63) is 105 Å². The van der Waals surface area contributed by atoms with Gasteiger partial charge in [0.2, 0.25) is 21.8 Å². The molecule has 0 saturated carbocycles. The van der Waals surface area contributed by atoms with Crippen molar-refractivity contribution in [1.29, 1.82) is 0 Å². The highest BCUT2D eigenvalue weighted by Gasteiger charge is 2.34. The molecule has 1 atom stereocenters. The molecular weight excluding hydrogens is 544 g/mol. The number of aryl methyl sites for hydroxylation is 2. The second-order valence-electron chi connectivity index (χ2n) is 10.4. The Balaban J connectivity index is 2.10. The van der Waals surface area contributed by atoms with Crippen LogP contribution in [0.15, 0.2) is 72.8 Å². The maximum atomic E-state index is 14.1. The number of amides is 2. The van der Waals surface area contributed by atoms with Crippen molar-refractivity contribution in [3.8, 4) is 0 Å². The number of rotatable bonds is 12. The Morgan fingerprint density at radius 1 is 0.951 bits per heavy atom. The van der Waals surface area contributed by atoms with E-state index in [-0.39, 0.29) is 36.3 Å². The molecule has 0 aliphatic rings. The Kier molecular flexibility index (Phi) is 10.2. The first-order valence-electron chi connectivity index (χ1n) is 13.2. The predicted molar refractivity (Wildman–Crippen MR) is 159 cm³/mol. The molecule has 41 heavy (non-hydrogen) atoms. The van der Waals surface area contributed by atoms with Crippen LogP contribution in [0.1, 0.15) is 36.1 Å². The van der Waals surface area contributed by atoms with Crippen LogP contribution in [-0.4, -0.2) is 54.9 Å². The minimum atomic E-state index is -4.05. The molecule has 0 aliphatic carbocycles. The third kappa shape index (κ3) is 8.62. The average Bonchev–Trinajstić information content (AvgIpc) is 2.90. The fourth-order valence-electron chi connectivity index (χ4n) is 4.40. The molecule has 11 heteroatoms. The fraction of sp³-hybridized carbons (Fsp3) is 0.333. The maximum absolute atomic E-state index is 14.1. The van der Waals surface area contributed by atoms with E-state index < -0.39 is 33.4 Å². The molecule has 0 spiro atoms. The molecule has 2 amide bonds. The lowest BCUT2D eigenvalue weighted by Gasteiger charge is -2.34. The zero-order valence-corrected chi connectivity index (χ0v) is 24.7. The van der Waals surface area contributed by atoms with Gasteiger partial charge in [-0.3, -0.25) is 24.0 Å². The van der Waals surface area contributed by atoms with Crippen LogP contribution >= 0.6 is 0 Å². The molecule has 3 aromatic rings. The van der Waals surface area contributed by atoms with Gasteiger partial charge in [0.15, 0.2) is 0 Å². The molecule has 3 aromatic carbocycles. The molecule has 10 nitrogen and oxygen atoms in total. The van der Waals surface area contributed by atoms with Crippen LogP contribution in [0.4, 0.5) is 11.4 Å². The summed E-state index contributed by atoms with van der Waals surface area (Å²) in [5.41, 5.74) is 2.77. The van der Waals surface area contributed by atoms with E-state index in [1.54, 1.807) is 6.92 Å². The summed E-state index contributed by atoms with van der Waals surface area (Å²) >= 11 is 0. The van der Waals surface area contributed by atoms with Gasteiger partial charge in [-0.15, -0.1) is 0 Å². The molecule has 0 fully saturated rings. The molecule has 218 valence electrons. The molecule has 0 radical (unpaired) electrons. The van der Waals surface area contributed by atoms with Gasteiger partial charge in [0, 0.05) is 31.1 Å². The van der Waals surface area contributed by atoms with Gasteiger partial charge in [-0.25, -0.2) is 8.42 Å². The Labute approximate surface area is 241 Å². The molecule has 1 unspecified atom stereocenters. The Hall–Kier alpha value is -4.25. The summed E-state index contributed by atoms with van der Waals surface area (Å²) in [6.07, 6.45) is 1.14. The average molecular weight is 581 g/mol. The van der Waals surface area contributed by atoms with E-state index >= 15 is 0 Å². The quantitative estimate of drug-likeness (QED) is 0.253. The van der Waals surface area contributed by atoms with Gasteiger partial charge < -0.3 is 10.2 Å². The molecule has 0 aromatic heterocycles. The van der Waals surface area contributed by atoms with Crippen molar-refractivity contribution in [2.24, 2.45) is 0 Å². The maximum Gasteiger partial charge on any atom is 0.271 e. The second-order valence-corrected chi connectivity index (χ2v) is 12.3. The number of non-ortho nitro benzene ring substituents is 1. The van der Waals surface area contributed by atoms with Crippen molar-refractivity contribution >= 4 is 33.2 Å². The van der Waals surface area contributed by atoms with Gasteiger partial charge in [-0.1, -0.05) is 66.2 Å². The zero-order chi connectivity index (χ0) is 30.3. The first kappa shape index (κ1) is 31.3. The molecular formula is C30H36N4O6S. The summed E-state index contributed by atoms with van der Waals surface area (Å²) < 4.78 is 26.8. The summed E-state index contributed by atoms with van der Waals surface area (Å²) in [5, 5.41) is 14.3. The lowest BCUT2D eigenvalue weighted by Crippen LogP contribution is -2.54. The number of sulfonamides is 1. The molecule has 3 rings (SSSR count). The van der Waals surface area contributed by atoms with Gasteiger partial charge in [-0.2, -0.15) is 0 Å². The van der Waals surface area contributed by atoms with E-state index in [2.05, 4.69) is 5.32 Å². The van der Waals surface area contributed by atoms with Gasteiger partial charge in [0.1, 0.15) is 12.6 Å². The van der Waals surface area contributed by atoms with Gasteiger partial charge in [0.25, 0.3) is 5.69 Å². The SMILES string of the molecule is Cc1ccc(CN(C(=O)CN(c2cc([N+](=O)[O-])ccc2C)S(C)(=O)=O)C(Cc2ccccc2)C(=O)NC(C)C)cc1. The van der Waals surface area contributed by atoms with E-state index in [0.717, 1.165) is 33.3 Å². The highest BCUT2D eigenvalue weighted by molar-refractivity contribution is 7.92. The number of nitro benzene ring substituents is 1. The van der Waals surface area contributed by atoms with Crippen molar-refractivity contribution in [2.45, 2.75) is 52.7 Å². The number of nitrogens with zero attached hydrogens (tertiary/aromatic N) is 3. The largest absolute Gasteiger partial charge is 0.352 e. The van der Waals surface area contributed by atoms with E-state index in [0.29, 0.717) is 5.56 Å². The summed E-state index contributed by atoms with van der Waals surface area (Å²) in [5.74, 6) is -0.997. The van der Waals surface area contributed by atoms with E-state index in [4.69, 9.17) is 0 Å². The number of anilines is 1. The minimum absolute atomic E-state index is 0.0246. The lowest BCUT2D eigenvalue weighted by atomic mass is 10.0. The zero-order valence-electron chi connectivity index (χ0n) is 23.9. The number of carbonyl (C=O) groups is 2. The summed E-state index contributed by atoms with van der Waals surface area (Å²) in [6, 6.07) is 19.5. The topological polar surface area (TPSA) is 130 Å². The monoisotopic (exact) mass is 580 g/mol. The highest BCUT2D eigenvalue weighted by Crippen LogP contribution is 2.28. The third-order valence-corrected chi connectivity index (χ3v) is 7.65. The Bertz CT molecular complexity index is 1490. The Morgan fingerprint density at radius 3 is 2.15 bits per heavy atom. The van der Waals surface area contributed by atoms with Gasteiger partial charge >= 0.3 is 0 Å². The van der Waals surface area contributed by atoms with Crippen LogP contribution in [-0.2, 0) is 32.6 Å². The van der Waals surface area contributed by atoms with Crippen LogP contribution < -0.4 is 9.62 Å². The summed E-state index contributed by atoms with van der Waals surface area (Å²) in [4.78, 5) is 39.9. The molecule has 0 aliphatic heterocycles. The van der Waals surface area contributed by atoms with Crippen LogP contribution in [0.5, 0.6) is 0 Å². The number of hydrogen-bond acceptors (Lipinski definition) is 6. The predicted octanol–water partition coefficient (Wildman–Crippen LogP) is 4.14. The fourth-order valence-corrected chi connectivity index (χ4v) is 5.30. The summed E-state index contributed by atoms with van der Waals surface area (Å²) in [7, 11) is -4.05. The van der Waals surface area contributed by atoms with Gasteiger partial charge in [0.05, 0.1) is 16.9 Å². The van der Waals surface area contributed by atoms with Crippen molar-refractivity contribution in [3.63, 3.8) is 0 Å². The van der Waals surface area contributed by atoms with Gasteiger partial charge in [-0.05, 0) is 44.4 Å². The number of nitrogens with one attached hydrogen (secondary N) is 1. The normalized spacial score (nSPS) is 12.0. The van der Waals surface area contributed by atoms with Crippen LogP contribution in [0.3, 0.4) is 0 Å². The van der Waals surface area contributed by atoms with E-state index in [1.807, 2.05) is 75.4 Å². The van der Waals surface area contributed by atoms with Crippen LogP contribution in [0.2, 0.25) is 0 Å². The number of hydrogen-bond donors (Lipinski definition) is 1. The number of carbonyl (C=O) groups excluding carboxylic acids is 2. The standard InChI is InChI=1S/C30H36N4O6S/c1-21(2)31-30(36)28(17-24-9-7-6-8-10-24)32(19-25-14-11-22(3)12-15-25)29(35)20-33(41(5,39)40)27-18-26(34(37)38)16-13-23(27)4/h6-16,18,21,28H,17,19-20H2,1-5H3,(H,31,36). The van der Waals surface area contributed by atoms with Crippen LogP contribution in [0, 0.1) is 24.0 Å².